The zero-order valence-corrected chi connectivity index (χ0v) is 15.5. The minimum absolute atomic E-state index is 0.0706. The number of aromatic amines is 1. The van der Waals surface area contributed by atoms with Gasteiger partial charge in [-0.2, -0.15) is 0 Å². The van der Waals surface area contributed by atoms with Gasteiger partial charge in [0.25, 0.3) is 0 Å². The molecule has 1 amide bonds. The number of H-pyrrole nitrogens is 1. The Bertz CT molecular complexity index is 1050. The molecule has 0 unspecified atom stereocenters. The van der Waals surface area contributed by atoms with Gasteiger partial charge >= 0.3 is 0 Å². The van der Waals surface area contributed by atoms with Crippen molar-refractivity contribution < 1.29 is 4.79 Å². The van der Waals surface area contributed by atoms with Crippen molar-refractivity contribution >= 4 is 28.3 Å². The van der Waals surface area contributed by atoms with Crippen molar-refractivity contribution in [3.05, 3.63) is 90.3 Å². The molecule has 0 aliphatic heterocycles. The predicted molar refractivity (Wildman–Crippen MR) is 114 cm³/mol. The first-order valence-corrected chi connectivity index (χ1v) is 9.36. The van der Waals surface area contributed by atoms with E-state index < -0.39 is 0 Å². The zero-order chi connectivity index (χ0) is 19.2. The van der Waals surface area contributed by atoms with Crippen LogP contribution in [0.2, 0.25) is 0 Å². The number of nitrogens with one attached hydrogen (secondary N) is 3. The maximum Gasteiger partial charge on any atom is 0.229 e. The molecule has 28 heavy (non-hydrogen) atoms. The summed E-state index contributed by atoms with van der Waals surface area (Å²) in [7, 11) is 0. The number of benzene rings is 2. The molecule has 4 rings (SSSR count). The summed E-state index contributed by atoms with van der Waals surface area (Å²) in [5, 5.41) is 7.48. The largest absolute Gasteiger partial charge is 0.383 e. The van der Waals surface area contributed by atoms with Crippen molar-refractivity contribution in [2.24, 2.45) is 0 Å². The van der Waals surface area contributed by atoms with E-state index in [9.17, 15) is 4.79 Å². The van der Waals surface area contributed by atoms with Crippen LogP contribution in [0, 0.1) is 0 Å². The molecule has 0 saturated heterocycles. The van der Waals surface area contributed by atoms with E-state index in [4.69, 9.17) is 0 Å². The molecule has 140 valence electrons. The van der Waals surface area contributed by atoms with Gasteiger partial charge in [-0.1, -0.05) is 48.5 Å². The molecule has 5 heteroatoms. The summed E-state index contributed by atoms with van der Waals surface area (Å²) in [5.74, 6) is 0.488. The number of pyridine rings is 1. The van der Waals surface area contributed by atoms with Gasteiger partial charge in [0.05, 0.1) is 18.3 Å². The molecule has 2 heterocycles. The Morgan fingerprint density at radius 2 is 1.79 bits per heavy atom. The number of anilines is 2. The van der Waals surface area contributed by atoms with Crippen LogP contribution in [0.4, 0.5) is 11.5 Å². The van der Waals surface area contributed by atoms with Crippen LogP contribution >= 0.6 is 0 Å². The maximum absolute atomic E-state index is 12.1. The zero-order valence-electron chi connectivity index (χ0n) is 15.5. The summed E-state index contributed by atoms with van der Waals surface area (Å²) in [6.07, 6.45) is 5.07. The topological polar surface area (TPSA) is 69.8 Å². The Morgan fingerprint density at radius 1 is 0.964 bits per heavy atom. The molecular formula is C23H22N4O. The molecule has 0 radical (unpaired) electrons. The van der Waals surface area contributed by atoms with Gasteiger partial charge < -0.3 is 15.6 Å². The molecule has 2 aromatic carbocycles. The Morgan fingerprint density at radius 3 is 2.61 bits per heavy atom. The van der Waals surface area contributed by atoms with Crippen molar-refractivity contribution in [3.8, 4) is 0 Å². The average molecular weight is 370 g/mol. The van der Waals surface area contributed by atoms with Crippen LogP contribution in [-0.2, 0) is 17.6 Å². The summed E-state index contributed by atoms with van der Waals surface area (Å²) in [6.45, 7) is 0.809. The molecule has 0 aliphatic rings. The van der Waals surface area contributed by atoms with Gasteiger partial charge in [-0.3, -0.25) is 4.79 Å². The monoisotopic (exact) mass is 370 g/mol. The fourth-order valence-corrected chi connectivity index (χ4v) is 3.22. The van der Waals surface area contributed by atoms with E-state index >= 15 is 0 Å². The number of fused-ring (bicyclic) bond motifs is 1. The van der Waals surface area contributed by atoms with Gasteiger partial charge in [-0.25, -0.2) is 4.98 Å². The highest BCUT2D eigenvalue weighted by molar-refractivity contribution is 5.91. The molecule has 0 fully saturated rings. The number of carbonyl (C=O) groups excluding carboxylic acids is 1. The molecule has 0 atom stereocenters. The molecule has 2 aromatic heterocycles. The highest BCUT2D eigenvalue weighted by Crippen LogP contribution is 2.18. The predicted octanol–water partition coefficient (Wildman–Crippen LogP) is 4.40. The van der Waals surface area contributed by atoms with Gasteiger partial charge in [0, 0.05) is 23.6 Å². The number of aromatic nitrogens is 2. The number of hydrogen-bond acceptors (Lipinski definition) is 3. The number of nitrogens with zero attached hydrogens (tertiary/aromatic N) is 1. The molecule has 3 N–H and O–H groups in total. The van der Waals surface area contributed by atoms with E-state index in [2.05, 4.69) is 45.0 Å². The summed E-state index contributed by atoms with van der Waals surface area (Å²) in [5.41, 5.74) is 4.37. The van der Waals surface area contributed by atoms with Crippen molar-refractivity contribution in [3.63, 3.8) is 0 Å². The van der Waals surface area contributed by atoms with Gasteiger partial charge in [0.2, 0.25) is 5.91 Å². The molecular weight excluding hydrogens is 348 g/mol. The summed E-state index contributed by atoms with van der Waals surface area (Å²) in [4.78, 5) is 19.7. The lowest BCUT2D eigenvalue weighted by Crippen LogP contribution is -2.15. The van der Waals surface area contributed by atoms with E-state index in [1.165, 1.54) is 10.9 Å². The molecule has 0 bridgehead atoms. The molecule has 0 saturated carbocycles. The fourth-order valence-electron chi connectivity index (χ4n) is 3.22. The lowest BCUT2D eigenvalue weighted by Gasteiger charge is -2.08. The number of carbonyl (C=O) groups is 1. The standard InChI is InChI=1S/C23H22N4O/c28-23(14-17-6-2-1-3-7-17)27-22-11-10-19(16-26-22)24-13-12-18-15-25-21-9-5-4-8-20(18)21/h1-11,15-16,24-25H,12-14H2,(H,26,27,28). The minimum atomic E-state index is -0.0706. The van der Waals surface area contributed by atoms with Crippen molar-refractivity contribution in [2.45, 2.75) is 12.8 Å². The van der Waals surface area contributed by atoms with Gasteiger partial charge in [-0.15, -0.1) is 0 Å². The van der Waals surface area contributed by atoms with Crippen LogP contribution < -0.4 is 10.6 Å². The fraction of sp³-hybridized carbons (Fsp3) is 0.130. The van der Waals surface area contributed by atoms with Crippen LogP contribution in [0.5, 0.6) is 0 Å². The van der Waals surface area contributed by atoms with Crippen molar-refractivity contribution in [1.29, 1.82) is 0 Å². The maximum atomic E-state index is 12.1. The Kier molecular flexibility index (Phi) is 5.33. The quantitative estimate of drug-likeness (QED) is 0.452. The molecule has 4 aromatic rings. The van der Waals surface area contributed by atoms with Crippen LogP contribution in [0.3, 0.4) is 0 Å². The number of rotatable bonds is 7. The molecule has 0 aliphatic carbocycles. The highest BCUT2D eigenvalue weighted by Gasteiger charge is 2.05. The smallest absolute Gasteiger partial charge is 0.229 e. The highest BCUT2D eigenvalue weighted by atomic mass is 16.1. The van der Waals surface area contributed by atoms with E-state index in [0.717, 1.165) is 29.7 Å². The lowest BCUT2D eigenvalue weighted by molar-refractivity contribution is -0.115. The normalized spacial score (nSPS) is 10.7. The Balaban J connectivity index is 1.28. The van der Waals surface area contributed by atoms with Crippen LogP contribution in [0.25, 0.3) is 10.9 Å². The molecule has 5 nitrogen and oxygen atoms in total. The minimum Gasteiger partial charge on any atom is -0.383 e. The summed E-state index contributed by atoms with van der Waals surface area (Å²) >= 11 is 0. The second kappa shape index (κ2) is 8.39. The summed E-state index contributed by atoms with van der Waals surface area (Å²) in [6, 6.07) is 21.7. The third-order valence-electron chi connectivity index (χ3n) is 4.64. The van der Waals surface area contributed by atoms with E-state index in [0.29, 0.717) is 12.2 Å². The summed E-state index contributed by atoms with van der Waals surface area (Å²) < 4.78 is 0. The van der Waals surface area contributed by atoms with Crippen LogP contribution in [-0.4, -0.2) is 22.4 Å². The van der Waals surface area contributed by atoms with E-state index in [1.807, 2.05) is 48.5 Å². The van der Waals surface area contributed by atoms with Crippen LogP contribution in [0.1, 0.15) is 11.1 Å². The first-order valence-electron chi connectivity index (χ1n) is 9.36. The van der Waals surface area contributed by atoms with Gasteiger partial charge in [0.15, 0.2) is 0 Å². The number of hydrogen-bond donors (Lipinski definition) is 3. The van der Waals surface area contributed by atoms with Crippen molar-refractivity contribution in [1.82, 2.24) is 9.97 Å². The number of amides is 1. The Labute approximate surface area is 163 Å². The third kappa shape index (κ3) is 4.38. The number of para-hydroxylation sites is 1. The lowest BCUT2D eigenvalue weighted by atomic mass is 10.1. The van der Waals surface area contributed by atoms with Gasteiger partial charge in [-0.05, 0) is 35.7 Å². The second-order valence-corrected chi connectivity index (χ2v) is 6.68. The third-order valence-corrected chi connectivity index (χ3v) is 4.64. The SMILES string of the molecule is O=C(Cc1ccccc1)Nc1ccc(NCCc2c[nH]c3ccccc23)cn1. The van der Waals surface area contributed by atoms with E-state index in [1.54, 1.807) is 6.20 Å². The Hall–Kier alpha value is -3.60. The first kappa shape index (κ1) is 17.8. The van der Waals surface area contributed by atoms with Crippen molar-refractivity contribution in [2.75, 3.05) is 17.2 Å². The van der Waals surface area contributed by atoms with Crippen LogP contribution in [0.15, 0.2) is 79.1 Å². The first-order chi connectivity index (χ1) is 13.8. The second-order valence-electron chi connectivity index (χ2n) is 6.68. The van der Waals surface area contributed by atoms with E-state index in [-0.39, 0.29) is 5.91 Å². The molecule has 0 spiro atoms. The van der Waals surface area contributed by atoms with Gasteiger partial charge in [0.1, 0.15) is 5.82 Å². The average Bonchev–Trinajstić information content (AvgIpc) is 3.13.